The molecule has 39 heavy (non-hydrogen) atoms. The number of benzene rings is 2. The second kappa shape index (κ2) is 11.1. The van der Waals surface area contributed by atoms with Crippen molar-refractivity contribution in [2.45, 2.75) is 39.3 Å². The Labute approximate surface area is 228 Å². The van der Waals surface area contributed by atoms with Gasteiger partial charge in [-0.2, -0.15) is 28.3 Å². The van der Waals surface area contributed by atoms with Crippen molar-refractivity contribution in [3.8, 4) is 17.2 Å². The average Bonchev–Trinajstić information content (AvgIpc) is 3.30. The maximum absolute atomic E-state index is 13.0. The molecule has 2 aliphatic rings. The number of rotatable bonds is 8. The number of nitrogens with zero attached hydrogens (tertiary/aromatic N) is 3. The first-order chi connectivity index (χ1) is 18.4. The molecule has 2 aliphatic heterocycles. The van der Waals surface area contributed by atoms with Crippen LogP contribution in [0.3, 0.4) is 0 Å². The van der Waals surface area contributed by atoms with E-state index in [0.717, 1.165) is 5.75 Å². The largest absolute Gasteiger partial charge is 0.490 e. The van der Waals surface area contributed by atoms with Crippen molar-refractivity contribution in [2.24, 2.45) is 10.1 Å². The molecule has 12 heteroatoms. The maximum Gasteiger partial charge on any atom is 0.441 e. The van der Waals surface area contributed by atoms with Crippen LogP contribution >= 0.6 is 11.8 Å². The standard InChI is InChI=1S/C27H27F3N4O4S/c1-5-36-21-15-16(14-19-22(31)34-25(32-23(19)35)39-24(33-34)27(28,29)30)6-11-20(21)38-13-12-37-18-9-7-17(8-10-18)26(2,3)4/h6-11,14-15,31H,5,12-13H2,1-4H3. The number of aliphatic imine (C=N–C) groups is 1. The lowest BCUT2D eigenvalue weighted by Gasteiger charge is -2.20. The van der Waals surface area contributed by atoms with Crippen LogP contribution in [0, 0.1) is 5.41 Å². The molecule has 0 atom stereocenters. The summed E-state index contributed by atoms with van der Waals surface area (Å²) in [4.78, 5) is 16.2. The fourth-order valence-electron chi connectivity index (χ4n) is 3.64. The lowest BCUT2D eigenvalue weighted by Crippen LogP contribution is -2.35. The molecular weight excluding hydrogens is 533 g/mol. The van der Waals surface area contributed by atoms with E-state index in [2.05, 4.69) is 30.9 Å². The molecule has 0 saturated carbocycles. The lowest BCUT2D eigenvalue weighted by molar-refractivity contribution is -0.114. The summed E-state index contributed by atoms with van der Waals surface area (Å²) in [5.41, 5.74) is 1.53. The highest BCUT2D eigenvalue weighted by Crippen LogP contribution is 2.36. The van der Waals surface area contributed by atoms with Crippen LogP contribution < -0.4 is 14.2 Å². The number of nitrogens with one attached hydrogen (secondary N) is 1. The van der Waals surface area contributed by atoms with Crippen molar-refractivity contribution in [1.29, 1.82) is 5.41 Å². The molecule has 0 spiro atoms. The molecule has 0 bridgehead atoms. The van der Waals surface area contributed by atoms with E-state index in [1.807, 2.05) is 24.3 Å². The summed E-state index contributed by atoms with van der Waals surface area (Å²) < 4.78 is 56.4. The van der Waals surface area contributed by atoms with Gasteiger partial charge >= 0.3 is 6.18 Å². The third-order valence-electron chi connectivity index (χ3n) is 5.61. The molecule has 1 amide bonds. The Morgan fingerprint density at radius 1 is 1.00 bits per heavy atom. The Hall–Kier alpha value is -3.80. The zero-order chi connectivity index (χ0) is 28.4. The van der Waals surface area contributed by atoms with E-state index in [0.29, 0.717) is 35.3 Å². The van der Waals surface area contributed by atoms with Crippen LogP contribution in [0.2, 0.25) is 0 Å². The minimum atomic E-state index is -4.71. The molecule has 0 fully saturated rings. The molecule has 2 heterocycles. The summed E-state index contributed by atoms with van der Waals surface area (Å²) in [7, 11) is 0. The molecule has 0 aromatic heterocycles. The monoisotopic (exact) mass is 560 g/mol. The average molecular weight is 561 g/mol. The SMILES string of the molecule is CCOc1cc(C=C2C(=N)N3N=C(C(F)(F)F)SC3=NC2=O)ccc1OCCOc1ccc(C(C)(C)C)cc1. The summed E-state index contributed by atoms with van der Waals surface area (Å²) in [6, 6.07) is 12.8. The number of thioether (sulfide) groups is 1. The first-order valence-electron chi connectivity index (χ1n) is 12.1. The van der Waals surface area contributed by atoms with Crippen LogP contribution in [0.1, 0.15) is 38.8 Å². The second-order valence-corrected chi connectivity index (χ2v) is 10.5. The van der Waals surface area contributed by atoms with E-state index in [9.17, 15) is 18.0 Å². The van der Waals surface area contributed by atoms with Crippen LogP contribution in [-0.4, -0.2) is 53.0 Å². The quantitative estimate of drug-likeness (QED) is 0.313. The van der Waals surface area contributed by atoms with Crippen LogP contribution in [-0.2, 0) is 10.2 Å². The number of alkyl halides is 3. The summed E-state index contributed by atoms with van der Waals surface area (Å²) in [6.07, 6.45) is -3.35. The van der Waals surface area contributed by atoms with E-state index in [4.69, 9.17) is 19.6 Å². The summed E-state index contributed by atoms with van der Waals surface area (Å²) in [6.45, 7) is 9.11. The predicted molar refractivity (Wildman–Crippen MR) is 145 cm³/mol. The van der Waals surface area contributed by atoms with Gasteiger partial charge in [0.2, 0.25) is 10.2 Å². The van der Waals surface area contributed by atoms with Gasteiger partial charge in [-0.05, 0) is 65.6 Å². The fraction of sp³-hybridized carbons (Fsp3) is 0.333. The van der Waals surface area contributed by atoms with E-state index < -0.39 is 23.0 Å². The van der Waals surface area contributed by atoms with E-state index in [-0.39, 0.29) is 34.5 Å². The van der Waals surface area contributed by atoms with Crippen molar-refractivity contribution in [1.82, 2.24) is 5.01 Å². The zero-order valence-electron chi connectivity index (χ0n) is 21.8. The van der Waals surface area contributed by atoms with Crippen LogP contribution in [0.5, 0.6) is 17.2 Å². The van der Waals surface area contributed by atoms with Crippen LogP contribution in [0.25, 0.3) is 6.08 Å². The highest BCUT2D eigenvalue weighted by atomic mass is 32.2. The fourth-order valence-corrected chi connectivity index (χ4v) is 4.40. The summed E-state index contributed by atoms with van der Waals surface area (Å²) in [5, 5.41) is 10.9. The Kier molecular flexibility index (Phi) is 8.05. The summed E-state index contributed by atoms with van der Waals surface area (Å²) in [5.74, 6) is 0.249. The van der Waals surface area contributed by atoms with Crippen molar-refractivity contribution < 1.29 is 32.2 Å². The van der Waals surface area contributed by atoms with Gasteiger partial charge in [-0.25, -0.2) is 0 Å². The van der Waals surface area contributed by atoms with Gasteiger partial charge < -0.3 is 14.2 Å². The highest BCUT2D eigenvalue weighted by molar-refractivity contribution is 8.27. The third kappa shape index (κ3) is 6.62. The van der Waals surface area contributed by atoms with Gasteiger partial charge in [0.15, 0.2) is 17.3 Å². The molecule has 0 unspecified atom stereocenters. The van der Waals surface area contributed by atoms with Gasteiger partial charge in [-0.15, -0.1) is 0 Å². The Bertz CT molecular complexity index is 1360. The Balaban J connectivity index is 1.43. The molecule has 2 aromatic carbocycles. The normalized spacial score (nSPS) is 16.7. The number of hydrazone groups is 1. The molecule has 1 N–H and O–H groups in total. The highest BCUT2D eigenvalue weighted by Gasteiger charge is 2.46. The lowest BCUT2D eigenvalue weighted by atomic mass is 9.87. The van der Waals surface area contributed by atoms with Gasteiger partial charge in [-0.3, -0.25) is 10.2 Å². The topological polar surface area (TPSA) is 96.6 Å². The van der Waals surface area contributed by atoms with Gasteiger partial charge in [0.1, 0.15) is 19.0 Å². The number of halogens is 3. The van der Waals surface area contributed by atoms with Gasteiger partial charge in [-0.1, -0.05) is 39.0 Å². The third-order valence-corrected chi connectivity index (χ3v) is 6.56. The van der Waals surface area contributed by atoms with Crippen molar-refractivity contribution >= 4 is 39.8 Å². The Morgan fingerprint density at radius 2 is 1.69 bits per heavy atom. The van der Waals surface area contributed by atoms with Gasteiger partial charge in [0.25, 0.3) is 5.91 Å². The molecule has 206 valence electrons. The molecule has 0 saturated heterocycles. The second-order valence-electron chi connectivity index (χ2n) is 9.53. The minimum Gasteiger partial charge on any atom is -0.490 e. The smallest absolute Gasteiger partial charge is 0.441 e. The van der Waals surface area contributed by atoms with E-state index in [1.54, 1.807) is 25.1 Å². The molecule has 0 radical (unpaired) electrons. The van der Waals surface area contributed by atoms with Gasteiger partial charge in [0, 0.05) is 0 Å². The van der Waals surface area contributed by atoms with Crippen LogP contribution in [0.15, 0.2) is 58.1 Å². The molecular formula is C27H27F3N4O4S. The number of carbonyl (C=O) groups excluding carboxylic acids is 1. The maximum atomic E-state index is 13.0. The first-order valence-corrected chi connectivity index (χ1v) is 12.9. The molecule has 0 aliphatic carbocycles. The van der Waals surface area contributed by atoms with E-state index in [1.165, 1.54) is 11.6 Å². The number of ether oxygens (including phenoxy) is 3. The minimum absolute atomic E-state index is 0.0535. The number of amides is 1. The molecule has 8 nitrogen and oxygen atoms in total. The van der Waals surface area contributed by atoms with Gasteiger partial charge in [0.05, 0.1) is 12.2 Å². The first kappa shape index (κ1) is 28.2. The van der Waals surface area contributed by atoms with Crippen LogP contribution in [0.4, 0.5) is 13.2 Å². The Morgan fingerprint density at radius 3 is 2.33 bits per heavy atom. The number of hydrogen-bond acceptors (Lipinski definition) is 7. The van der Waals surface area contributed by atoms with Crippen molar-refractivity contribution in [3.63, 3.8) is 0 Å². The number of fused-ring (bicyclic) bond motifs is 1. The number of carbonyl (C=O) groups is 1. The van der Waals surface area contributed by atoms with Crippen molar-refractivity contribution in [3.05, 3.63) is 59.2 Å². The van der Waals surface area contributed by atoms with Crippen molar-refractivity contribution in [2.75, 3.05) is 19.8 Å². The number of hydrogen-bond donors (Lipinski definition) is 1. The zero-order valence-corrected chi connectivity index (χ0v) is 22.6. The molecule has 4 rings (SSSR count). The van der Waals surface area contributed by atoms with E-state index >= 15 is 0 Å². The number of amidine groups is 2. The summed E-state index contributed by atoms with van der Waals surface area (Å²) >= 11 is 0.203. The predicted octanol–water partition coefficient (Wildman–Crippen LogP) is 6.02. The molecule has 2 aromatic rings.